The lowest BCUT2D eigenvalue weighted by Gasteiger charge is -2.27. The van der Waals surface area contributed by atoms with Crippen LogP contribution in [0.1, 0.15) is 38.3 Å². The second-order valence-corrected chi connectivity index (χ2v) is 5.35. The summed E-state index contributed by atoms with van der Waals surface area (Å²) < 4.78 is 1.56. The van der Waals surface area contributed by atoms with E-state index in [9.17, 15) is 10.1 Å². The first kappa shape index (κ1) is 15.9. The van der Waals surface area contributed by atoms with Crippen molar-refractivity contribution in [1.29, 1.82) is 5.26 Å². The van der Waals surface area contributed by atoms with Crippen molar-refractivity contribution in [3.63, 3.8) is 0 Å². The average molecular weight is 296 g/mol. The van der Waals surface area contributed by atoms with E-state index in [1.54, 1.807) is 11.0 Å². The van der Waals surface area contributed by atoms with Crippen molar-refractivity contribution >= 4 is 5.78 Å². The van der Waals surface area contributed by atoms with Crippen LogP contribution in [0.3, 0.4) is 0 Å². The highest BCUT2D eigenvalue weighted by Crippen LogP contribution is 2.32. The maximum Gasteiger partial charge on any atom is 0.177 e. The number of nitriles is 1. The molecule has 2 rings (SSSR count). The van der Waals surface area contributed by atoms with Gasteiger partial charge in [0, 0.05) is 6.42 Å². The molecule has 5 heteroatoms. The summed E-state index contributed by atoms with van der Waals surface area (Å²) in [5.41, 5.74) is 0.0705. The molecule has 0 N–H and O–H groups in total. The van der Waals surface area contributed by atoms with E-state index in [0.717, 1.165) is 5.56 Å². The Morgan fingerprint density at radius 1 is 1.32 bits per heavy atom. The first-order valence-electron chi connectivity index (χ1n) is 7.50. The van der Waals surface area contributed by atoms with Gasteiger partial charge in [-0.05, 0) is 18.4 Å². The van der Waals surface area contributed by atoms with Crippen molar-refractivity contribution in [1.82, 2.24) is 14.8 Å². The maximum atomic E-state index is 13.1. The van der Waals surface area contributed by atoms with Crippen molar-refractivity contribution in [2.45, 2.75) is 39.2 Å². The predicted octanol–water partition coefficient (Wildman–Crippen LogP) is 2.96. The molecule has 22 heavy (non-hydrogen) atoms. The van der Waals surface area contributed by atoms with Gasteiger partial charge in [0.25, 0.3) is 0 Å². The molecule has 1 aromatic heterocycles. The zero-order valence-electron chi connectivity index (χ0n) is 12.9. The molecule has 2 aromatic rings. The third-order valence-corrected chi connectivity index (χ3v) is 4.22. The van der Waals surface area contributed by atoms with Gasteiger partial charge in [-0.2, -0.15) is 10.4 Å². The number of hydrogen-bond acceptors (Lipinski definition) is 4. The van der Waals surface area contributed by atoms with E-state index in [1.165, 1.54) is 6.33 Å². The van der Waals surface area contributed by atoms with E-state index in [1.807, 2.05) is 44.2 Å². The van der Waals surface area contributed by atoms with E-state index in [-0.39, 0.29) is 5.78 Å². The number of carbonyl (C=O) groups is 1. The normalized spacial score (nSPS) is 12.6. The van der Waals surface area contributed by atoms with Gasteiger partial charge < -0.3 is 0 Å². The monoisotopic (exact) mass is 296 g/mol. The molecule has 0 aliphatic carbocycles. The van der Waals surface area contributed by atoms with Gasteiger partial charge in [-0.15, -0.1) is 0 Å². The van der Waals surface area contributed by atoms with Gasteiger partial charge in [0.1, 0.15) is 24.1 Å². The Bertz CT molecular complexity index is 639. The second kappa shape index (κ2) is 6.99. The van der Waals surface area contributed by atoms with E-state index < -0.39 is 11.5 Å². The Labute approximate surface area is 130 Å². The molecule has 0 spiro atoms. The lowest BCUT2D eigenvalue weighted by Crippen LogP contribution is -2.36. The standard InChI is InChI=1S/C17H20N4O/c1-3-17(4-2,11-18)16(22)15(21-13-19-12-20-21)10-14-8-6-5-7-9-14/h5-9,12-13,15H,3-4,10H2,1-2H3. The molecule has 1 heterocycles. The smallest absolute Gasteiger partial charge is 0.177 e. The zero-order chi connectivity index (χ0) is 16.0. The third kappa shape index (κ3) is 3.06. The summed E-state index contributed by atoms with van der Waals surface area (Å²) in [7, 11) is 0. The Morgan fingerprint density at radius 2 is 2.00 bits per heavy atom. The Kier molecular flexibility index (Phi) is 5.05. The van der Waals surface area contributed by atoms with Gasteiger partial charge in [0.2, 0.25) is 0 Å². The molecule has 0 aliphatic rings. The first-order valence-corrected chi connectivity index (χ1v) is 7.50. The lowest BCUT2D eigenvalue weighted by atomic mass is 9.76. The van der Waals surface area contributed by atoms with E-state index >= 15 is 0 Å². The second-order valence-electron chi connectivity index (χ2n) is 5.35. The van der Waals surface area contributed by atoms with Crippen LogP contribution in [0.4, 0.5) is 0 Å². The largest absolute Gasteiger partial charge is 0.295 e. The number of nitrogens with zero attached hydrogens (tertiary/aromatic N) is 4. The highest BCUT2D eigenvalue weighted by Gasteiger charge is 2.40. The summed E-state index contributed by atoms with van der Waals surface area (Å²) in [6, 6.07) is 11.5. The molecule has 0 aliphatic heterocycles. The van der Waals surface area contributed by atoms with Gasteiger partial charge in [0.15, 0.2) is 5.78 Å². The summed E-state index contributed by atoms with van der Waals surface area (Å²) in [4.78, 5) is 17.0. The van der Waals surface area contributed by atoms with Crippen LogP contribution in [0, 0.1) is 16.7 Å². The van der Waals surface area contributed by atoms with Gasteiger partial charge in [-0.1, -0.05) is 44.2 Å². The quantitative estimate of drug-likeness (QED) is 0.787. The van der Waals surface area contributed by atoms with Crippen LogP contribution < -0.4 is 0 Å². The van der Waals surface area contributed by atoms with Crippen molar-refractivity contribution in [2.24, 2.45) is 5.41 Å². The summed E-state index contributed by atoms with van der Waals surface area (Å²) in [6.07, 6.45) is 4.46. The molecule has 0 radical (unpaired) electrons. The predicted molar refractivity (Wildman–Crippen MR) is 82.8 cm³/mol. The molecule has 5 nitrogen and oxygen atoms in total. The molecule has 0 saturated heterocycles. The lowest BCUT2D eigenvalue weighted by molar-refractivity contribution is -0.130. The van der Waals surface area contributed by atoms with Crippen molar-refractivity contribution in [3.8, 4) is 6.07 Å². The molecule has 0 amide bonds. The van der Waals surface area contributed by atoms with Crippen molar-refractivity contribution in [3.05, 3.63) is 48.5 Å². The van der Waals surface area contributed by atoms with Gasteiger partial charge in [-0.25, -0.2) is 9.67 Å². The molecule has 0 bridgehead atoms. The minimum Gasteiger partial charge on any atom is -0.295 e. The summed E-state index contributed by atoms with van der Waals surface area (Å²) >= 11 is 0. The van der Waals surface area contributed by atoms with Crippen LogP contribution in [0.2, 0.25) is 0 Å². The van der Waals surface area contributed by atoms with Crippen LogP contribution in [-0.4, -0.2) is 20.5 Å². The van der Waals surface area contributed by atoms with E-state index in [0.29, 0.717) is 19.3 Å². The summed E-state index contributed by atoms with van der Waals surface area (Å²) in [6.45, 7) is 3.76. The summed E-state index contributed by atoms with van der Waals surface area (Å²) in [5, 5.41) is 13.7. The van der Waals surface area contributed by atoms with Crippen molar-refractivity contribution in [2.75, 3.05) is 0 Å². The van der Waals surface area contributed by atoms with Gasteiger partial charge in [-0.3, -0.25) is 4.79 Å². The van der Waals surface area contributed by atoms with Crippen LogP contribution in [0.5, 0.6) is 0 Å². The maximum absolute atomic E-state index is 13.1. The SMILES string of the molecule is CCC(C#N)(CC)C(=O)C(Cc1ccccc1)n1cncn1. The molecule has 0 fully saturated rings. The average Bonchev–Trinajstić information content (AvgIpc) is 3.10. The summed E-state index contributed by atoms with van der Waals surface area (Å²) in [5.74, 6) is -0.0886. The Balaban J connectivity index is 2.37. The molecular formula is C17H20N4O. The first-order chi connectivity index (χ1) is 10.7. The molecular weight excluding hydrogens is 276 g/mol. The fourth-order valence-electron chi connectivity index (χ4n) is 2.65. The zero-order valence-corrected chi connectivity index (χ0v) is 12.9. The van der Waals surface area contributed by atoms with Crippen LogP contribution in [0.25, 0.3) is 0 Å². The number of carbonyl (C=O) groups excluding carboxylic acids is 1. The van der Waals surface area contributed by atoms with Crippen LogP contribution in [-0.2, 0) is 11.2 Å². The van der Waals surface area contributed by atoms with Gasteiger partial charge in [0.05, 0.1) is 6.07 Å². The molecule has 114 valence electrons. The van der Waals surface area contributed by atoms with Crippen LogP contribution in [0.15, 0.2) is 43.0 Å². The van der Waals surface area contributed by atoms with E-state index in [4.69, 9.17) is 0 Å². The fraction of sp³-hybridized carbons (Fsp3) is 0.412. The molecule has 0 saturated carbocycles. The minimum atomic E-state index is -0.967. The number of benzene rings is 1. The third-order valence-electron chi connectivity index (χ3n) is 4.22. The number of ketones is 1. The van der Waals surface area contributed by atoms with E-state index in [2.05, 4.69) is 16.2 Å². The highest BCUT2D eigenvalue weighted by atomic mass is 16.1. The van der Waals surface area contributed by atoms with Gasteiger partial charge >= 0.3 is 0 Å². The number of Topliss-reactive ketones (excluding diaryl/α,β-unsaturated/α-hetero) is 1. The highest BCUT2D eigenvalue weighted by molar-refractivity contribution is 5.91. The molecule has 1 aromatic carbocycles. The van der Waals surface area contributed by atoms with Crippen LogP contribution >= 0.6 is 0 Å². The Morgan fingerprint density at radius 3 is 2.50 bits per heavy atom. The minimum absolute atomic E-state index is 0.0886. The molecule has 1 unspecified atom stereocenters. The Hall–Kier alpha value is -2.48. The molecule has 1 atom stereocenters. The fourth-order valence-corrected chi connectivity index (χ4v) is 2.65. The topological polar surface area (TPSA) is 71.6 Å². The number of hydrogen-bond donors (Lipinski definition) is 0. The number of rotatable bonds is 7. The van der Waals surface area contributed by atoms with Crippen molar-refractivity contribution < 1.29 is 4.79 Å². The number of aromatic nitrogens is 3.